The van der Waals surface area contributed by atoms with Crippen LogP contribution < -0.4 is 10.7 Å². The van der Waals surface area contributed by atoms with Crippen LogP contribution in [0.25, 0.3) is 10.9 Å². The first-order valence-corrected chi connectivity index (χ1v) is 9.11. The zero-order valence-corrected chi connectivity index (χ0v) is 15.5. The van der Waals surface area contributed by atoms with Crippen molar-refractivity contribution in [2.45, 2.75) is 32.2 Å². The van der Waals surface area contributed by atoms with E-state index in [-0.39, 0.29) is 23.5 Å². The molecule has 140 valence electrons. The fourth-order valence-electron chi connectivity index (χ4n) is 3.25. The van der Waals surface area contributed by atoms with Crippen molar-refractivity contribution in [2.75, 3.05) is 6.61 Å². The van der Waals surface area contributed by atoms with Crippen molar-refractivity contribution in [2.24, 2.45) is 0 Å². The van der Waals surface area contributed by atoms with Gasteiger partial charge in [-0.25, -0.2) is 0 Å². The highest BCUT2D eigenvalue weighted by Gasteiger charge is 2.18. The summed E-state index contributed by atoms with van der Waals surface area (Å²) in [5, 5.41) is 12.9. The molecule has 1 atom stereocenters. The van der Waals surface area contributed by atoms with Crippen molar-refractivity contribution in [1.29, 1.82) is 0 Å². The van der Waals surface area contributed by atoms with Crippen LogP contribution in [0.5, 0.6) is 0 Å². The summed E-state index contributed by atoms with van der Waals surface area (Å²) in [7, 11) is 0. The van der Waals surface area contributed by atoms with Crippen LogP contribution in [0.1, 0.15) is 41.3 Å². The largest absolute Gasteiger partial charge is 0.394 e. The lowest BCUT2D eigenvalue weighted by Crippen LogP contribution is -2.41. The maximum absolute atomic E-state index is 12.8. The number of fused-ring (bicyclic) bond motifs is 1. The molecule has 1 amide bonds. The van der Waals surface area contributed by atoms with Gasteiger partial charge in [0.25, 0.3) is 5.91 Å². The number of para-hydroxylation sites is 1. The van der Waals surface area contributed by atoms with E-state index in [9.17, 15) is 14.7 Å². The van der Waals surface area contributed by atoms with Gasteiger partial charge in [-0.2, -0.15) is 0 Å². The smallest absolute Gasteiger partial charge is 0.257 e. The van der Waals surface area contributed by atoms with Crippen molar-refractivity contribution in [3.63, 3.8) is 0 Å². The highest BCUT2D eigenvalue weighted by atomic mass is 16.3. The zero-order valence-electron chi connectivity index (χ0n) is 15.5. The number of pyridine rings is 1. The zero-order chi connectivity index (χ0) is 19.4. The van der Waals surface area contributed by atoms with Gasteiger partial charge in [0, 0.05) is 11.6 Å². The quantitative estimate of drug-likeness (QED) is 0.629. The number of rotatable bonds is 6. The molecule has 27 heavy (non-hydrogen) atoms. The predicted molar refractivity (Wildman–Crippen MR) is 107 cm³/mol. The van der Waals surface area contributed by atoms with E-state index in [1.54, 1.807) is 6.07 Å². The Kier molecular flexibility index (Phi) is 5.72. The van der Waals surface area contributed by atoms with E-state index in [1.807, 2.05) is 42.5 Å². The Labute approximate surface area is 158 Å². The Morgan fingerprint density at radius 2 is 1.85 bits per heavy atom. The van der Waals surface area contributed by atoms with Crippen LogP contribution in [0, 0.1) is 0 Å². The summed E-state index contributed by atoms with van der Waals surface area (Å²) in [5.41, 5.74) is 2.55. The van der Waals surface area contributed by atoms with Crippen molar-refractivity contribution in [1.82, 2.24) is 10.3 Å². The molecule has 0 unspecified atom stereocenters. The molecule has 0 aliphatic carbocycles. The number of hydrogen-bond acceptors (Lipinski definition) is 3. The summed E-state index contributed by atoms with van der Waals surface area (Å²) in [6.07, 6.45) is 1.95. The fraction of sp³-hybridized carbons (Fsp3) is 0.273. The molecule has 5 heteroatoms. The number of benzene rings is 2. The molecular formula is C22H24N2O3. The number of carbonyl (C=O) groups is 1. The van der Waals surface area contributed by atoms with Crippen LogP contribution in [-0.2, 0) is 6.42 Å². The fourth-order valence-corrected chi connectivity index (χ4v) is 3.25. The van der Waals surface area contributed by atoms with Gasteiger partial charge >= 0.3 is 0 Å². The molecule has 5 nitrogen and oxygen atoms in total. The van der Waals surface area contributed by atoms with Crippen LogP contribution in [0.15, 0.2) is 59.5 Å². The minimum atomic E-state index is -0.483. The predicted octanol–water partition coefficient (Wildman–Crippen LogP) is 2.98. The summed E-state index contributed by atoms with van der Waals surface area (Å²) in [4.78, 5) is 28.6. The number of carbonyl (C=O) groups excluding carboxylic acids is 1. The van der Waals surface area contributed by atoms with Gasteiger partial charge in [-0.15, -0.1) is 0 Å². The summed E-state index contributed by atoms with van der Waals surface area (Å²) < 4.78 is 0. The monoisotopic (exact) mass is 364 g/mol. The van der Waals surface area contributed by atoms with E-state index in [2.05, 4.69) is 24.1 Å². The second-order valence-corrected chi connectivity index (χ2v) is 7.00. The van der Waals surface area contributed by atoms with Crippen molar-refractivity contribution < 1.29 is 9.90 Å². The Bertz CT molecular complexity index is 993. The van der Waals surface area contributed by atoms with E-state index in [0.717, 1.165) is 16.6 Å². The van der Waals surface area contributed by atoms with Crippen molar-refractivity contribution >= 4 is 16.8 Å². The maximum atomic E-state index is 12.8. The molecule has 1 aromatic heterocycles. The maximum Gasteiger partial charge on any atom is 0.257 e. The number of hydrogen-bond donors (Lipinski definition) is 3. The highest BCUT2D eigenvalue weighted by Crippen LogP contribution is 2.21. The second-order valence-electron chi connectivity index (χ2n) is 7.00. The average Bonchev–Trinajstić information content (AvgIpc) is 2.68. The van der Waals surface area contributed by atoms with Gasteiger partial charge in [0.05, 0.1) is 18.2 Å². The van der Waals surface area contributed by atoms with Crippen LogP contribution in [0.4, 0.5) is 0 Å². The van der Waals surface area contributed by atoms with Gasteiger partial charge in [-0.05, 0) is 29.5 Å². The van der Waals surface area contributed by atoms with E-state index in [0.29, 0.717) is 11.8 Å². The van der Waals surface area contributed by atoms with Gasteiger partial charge < -0.3 is 15.4 Å². The SMILES string of the molecule is CC(C)c1cccc2c(=O)c(C(=O)N[C@H](CO)Cc3ccccc3)c[nH]c12. The molecule has 3 aromatic rings. The number of aliphatic hydroxyl groups excluding tert-OH is 1. The first kappa shape index (κ1) is 18.9. The molecule has 0 spiro atoms. The molecule has 0 bridgehead atoms. The molecule has 0 saturated heterocycles. The molecule has 0 radical (unpaired) electrons. The molecule has 2 aromatic carbocycles. The van der Waals surface area contributed by atoms with Gasteiger partial charge in [0.15, 0.2) is 0 Å². The average molecular weight is 364 g/mol. The lowest BCUT2D eigenvalue weighted by molar-refractivity contribution is 0.0915. The van der Waals surface area contributed by atoms with Gasteiger partial charge in [0.1, 0.15) is 5.56 Å². The third-order valence-electron chi connectivity index (χ3n) is 4.69. The molecular weight excluding hydrogens is 340 g/mol. The third kappa shape index (κ3) is 4.09. The number of nitrogens with one attached hydrogen (secondary N) is 2. The molecule has 1 heterocycles. The normalized spacial score (nSPS) is 12.3. The van der Waals surface area contributed by atoms with Crippen LogP contribution in [0.3, 0.4) is 0 Å². The van der Waals surface area contributed by atoms with Crippen LogP contribution in [0.2, 0.25) is 0 Å². The van der Waals surface area contributed by atoms with Gasteiger partial charge in [-0.1, -0.05) is 56.3 Å². The van der Waals surface area contributed by atoms with E-state index in [1.165, 1.54) is 6.20 Å². The standard InChI is InChI=1S/C22H24N2O3/c1-14(2)17-9-6-10-18-20(17)23-12-19(21(18)26)22(27)24-16(13-25)11-15-7-4-3-5-8-15/h3-10,12,14,16,25H,11,13H2,1-2H3,(H,23,26)(H,24,27)/t16-/m0/s1. The summed E-state index contributed by atoms with van der Waals surface area (Å²) in [5.74, 6) is -0.225. The van der Waals surface area contributed by atoms with Crippen LogP contribution >= 0.6 is 0 Å². The summed E-state index contributed by atoms with van der Waals surface area (Å²) >= 11 is 0. The minimum absolute atomic E-state index is 0.0508. The number of aromatic amines is 1. The van der Waals surface area contributed by atoms with E-state index in [4.69, 9.17) is 0 Å². The molecule has 3 N–H and O–H groups in total. The first-order valence-electron chi connectivity index (χ1n) is 9.11. The Morgan fingerprint density at radius 1 is 1.11 bits per heavy atom. The van der Waals surface area contributed by atoms with E-state index >= 15 is 0 Å². The first-order chi connectivity index (χ1) is 13.0. The Balaban J connectivity index is 1.87. The lowest BCUT2D eigenvalue weighted by Gasteiger charge is -2.17. The van der Waals surface area contributed by atoms with Gasteiger partial charge in [-0.3, -0.25) is 9.59 Å². The second kappa shape index (κ2) is 8.18. The molecule has 3 rings (SSSR count). The number of amides is 1. The Hall–Kier alpha value is -2.92. The van der Waals surface area contributed by atoms with Crippen molar-refractivity contribution in [3.05, 3.63) is 81.6 Å². The van der Waals surface area contributed by atoms with Crippen molar-refractivity contribution in [3.8, 4) is 0 Å². The lowest BCUT2D eigenvalue weighted by atomic mass is 9.98. The summed E-state index contributed by atoms with van der Waals surface area (Å²) in [6.45, 7) is 3.91. The van der Waals surface area contributed by atoms with Gasteiger partial charge in [0.2, 0.25) is 5.43 Å². The Morgan fingerprint density at radius 3 is 2.52 bits per heavy atom. The topological polar surface area (TPSA) is 82.2 Å². The molecule has 0 fully saturated rings. The molecule has 0 saturated carbocycles. The molecule has 0 aliphatic rings. The van der Waals surface area contributed by atoms with Crippen LogP contribution in [-0.4, -0.2) is 28.6 Å². The number of aliphatic hydroxyl groups is 1. The number of aromatic nitrogens is 1. The van der Waals surface area contributed by atoms with E-state index < -0.39 is 11.9 Å². The minimum Gasteiger partial charge on any atom is -0.394 e. The highest BCUT2D eigenvalue weighted by molar-refractivity contribution is 5.97. The molecule has 0 aliphatic heterocycles. The summed E-state index contributed by atoms with van der Waals surface area (Å²) in [6, 6.07) is 14.7. The number of H-pyrrole nitrogens is 1. The third-order valence-corrected chi connectivity index (χ3v) is 4.69.